The van der Waals surface area contributed by atoms with Crippen molar-refractivity contribution in [3.8, 4) is 0 Å². The van der Waals surface area contributed by atoms with Crippen LogP contribution in [0.1, 0.15) is 11.9 Å². The molecule has 0 aliphatic carbocycles. The molecule has 0 unspecified atom stereocenters. The normalized spacial score (nSPS) is 34.5. The van der Waals surface area contributed by atoms with Gasteiger partial charge in [-0.1, -0.05) is 0 Å². The number of rotatable bonds is 2. The third-order valence-electron chi connectivity index (χ3n) is 2.82. The summed E-state index contributed by atoms with van der Waals surface area (Å²) in [6, 6.07) is 0. The minimum Gasteiger partial charge on any atom is -0.394 e. The van der Waals surface area contributed by atoms with Gasteiger partial charge in [-0.15, -0.1) is 0 Å². The van der Waals surface area contributed by atoms with Gasteiger partial charge in [-0.25, -0.2) is 4.98 Å². The second-order valence-corrected chi connectivity index (χ2v) is 3.85. The van der Waals surface area contributed by atoms with Gasteiger partial charge in [0.15, 0.2) is 6.23 Å². The highest BCUT2D eigenvalue weighted by atomic mass is 16.6. The van der Waals surface area contributed by atoms with Crippen LogP contribution in [0, 0.1) is 6.92 Å². The summed E-state index contributed by atoms with van der Waals surface area (Å²) in [5.74, 6) is 0.370. The van der Waals surface area contributed by atoms with Crippen molar-refractivity contribution in [1.82, 2.24) is 9.55 Å². The fourth-order valence-electron chi connectivity index (χ4n) is 1.78. The summed E-state index contributed by atoms with van der Waals surface area (Å²) in [6.07, 6.45) is -2.44. The average Bonchev–Trinajstić information content (AvgIpc) is 2.73. The van der Waals surface area contributed by atoms with E-state index in [-0.39, 0.29) is 6.61 Å². The summed E-state index contributed by atoms with van der Waals surface area (Å²) < 4.78 is 6.75. The lowest BCUT2D eigenvalue weighted by molar-refractivity contribution is -0.0518. The molecular weight excluding hydrogens is 214 g/mol. The van der Waals surface area contributed by atoms with Gasteiger partial charge < -0.3 is 25.8 Å². The Hall–Kier alpha value is -1.15. The number of nitrogen functional groups attached to an aromatic ring is 1. The maximum absolute atomic E-state index is 9.76. The molecule has 7 nitrogen and oxygen atoms in total. The minimum atomic E-state index is -1.13. The predicted molar refractivity (Wildman–Crippen MR) is 54.4 cm³/mol. The van der Waals surface area contributed by atoms with E-state index in [0.29, 0.717) is 11.5 Å². The van der Waals surface area contributed by atoms with Gasteiger partial charge in [-0.3, -0.25) is 4.57 Å². The Bertz CT molecular complexity index is 381. The van der Waals surface area contributed by atoms with E-state index in [0.717, 1.165) is 0 Å². The van der Waals surface area contributed by atoms with Gasteiger partial charge in [0.2, 0.25) is 0 Å². The number of aliphatic hydroxyl groups is 3. The molecule has 0 saturated carbocycles. The number of ether oxygens (including phenoxy) is 1. The lowest BCUT2D eigenvalue weighted by Gasteiger charge is -2.17. The van der Waals surface area contributed by atoms with Crippen molar-refractivity contribution >= 4 is 5.82 Å². The van der Waals surface area contributed by atoms with Gasteiger partial charge in [0.25, 0.3) is 0 Å². The van der Waals surface area contributed by atoms with Crippen LogP contribution in [-0.4, -0.2) is 49.8 Å². The van der Waals surface area contributed by atoms with Gasteiger partial charge in [0.1, 0.15) is 24.1 Å². The van der Waals surface area contributed by atoms with Crippen LogP contribution >= 0.6 is 0 Å². The van der Waals surface area contributed by atoms with Crippen molar-refractivity contribution in [2.75, 3.05) is 12.3 Å². The van der Waals surface area contributed by atoms with Crippen molar-refractivity contribution in [2.24, 2.45) is 0 Å². The predicted octanol–water partition coefficient (Wildman–Crippen LogP) is -1.61. The van der Waals surface area contributed by atoms with Crippen LogP contribution in [0.4, 0.5) is 5.82 Å². The molecule has 1 aliphatic rings. The fraction of sp³-hybridized carbons (Fsp3) is 0.667. The van der Waals surface area contributed by atoms with Gasteiger partial charge >= 0.3 is 0 Å². The number of hydrogen-bond acceptors (Lipinski definition) is 6. The van der Waals surface area contributed by atoms with E-state index in [9.17, 15) is 10.2 Å². The summed E-state index contributed by atoms with van der Waals surface area (Å²) in [5, 5.41) is 28.3. The van der Waals surface area contributed by atoms with Crippen LogP contribution in [0.2, 0.25) is 0 Å². The van der Waals surface area contributed by atoms with E-state index < -0.39 is 24.5 Å². The minimum absolute atomic E-state index is 0.359. The molecule has 0 amide bonds. The molecule has 2 rings (SSSR count). The number of nitrogens with zero attached hydrogens (tertiary/aromatic N) is 2. The zero-order valence-corrected chi connectivity index (χ0v) is 8.82. The summed E-state index contributed by atoms with van der Waals surface area (Å²) in [4.78, 5) is 3.97. The molecule has 7 heteroatoms. The molecule has 0 aromatic carbocycles. The molecule has 1 aliphatic heterocycles. The molecule has 0 bridgehead atoms. The van der Waals surface area contributed by atoms with E-state index in [2.05, 4.69) is 4.98 Å². The average molecular weight is 229 g/mol. The third kappa shape index (κ3) is 1.57. The molecule has 5 N–H and O–H groups in total. The SMILES string of the molecule is Cc1ncn([C@@H]2O[C@H](CO)[C@@H](O)[C@H]2O)c1N. The van der Waals surface area contributed by atoms with Crippen molar-refractivity contribution in [3.05, 3.63) is 12.0 Å². The molecule has 16 heavy (non-hydrogen) atoms. The summed E-state index contributed by atoms with van der Waals surface area (Å²) in [5.41, 5.74) is 6.37. The van der Waals surface area contributed by atoms with Crippen LogP contribution in [0.25, 0.3) is 0 Å². The second kappa shape index (κ2) is 4.02. The van der Waals surface area contributed by atoms with Crippen molar-refractivity contribution < 1.29 is 20.1 Å². The van der Waals surface area contributed by atoms with Gasteiger partial charge in [-0.05, 0) is 6.92 Å². The second-order valence-electron chi connectivity index (χ2n) is 3.85. The highest BCUT2D eigenvalue weighted by molar-refractivity contribution is 5.35. The molecule has 90 valence electrons. The molecule has 0 radical (unpaired) electrons. The van der Waals surface area contributed by atoms with Crippen molar-refractivity contribution in [1.29, 1.82) is 0 Å². The van der Waals surface area contributed by atoms with Crippen LogP contribution in [0.3, 0.4) is 0 Å². The number of hydrogen-bond donors (Lipinski definition) is 4. The van der Waals surface area contributed by atoms with Crippen LogP contribution in [0.5, 0.6) is 0 Å². The number of imidazole rings is 1. The first kappa shape index (κ1) is 11.3. The van der Waals surface area contributed by atoms with E-state index >= 15 is 0 Å². The van der Waals surface area contributed by atoms with Crippen LogP contribution < -0.4 is 5.73 Å². The van der Waals surface area contributed by atoms with Crippen LogP contribution in [-0.2, 0) is 4.74 Å². The number of aliphatic hydroxyl groups excluding tert-OH is 3. The Morgan fingerprint density at radius 2 is 2.19 bits per heavy atom. The lowest BCUT2D eigenvalue weighted by atomic mass is 10.1. The fourth-order valence-corrected chi connectivity index (χ4v) is 1.78. The number of nitrogens with two attached hydrogens (primary N) is 1. The maximum atomic E-state index is 9.76. The highest BCUT2D eigenvalue weighted by Gasteiger charge is 2.43. The third-order valence-corrected chi connectivity index (χ3v) is 2.82. The molecule has 2 heterocycles. The lowest BCUT2D eigenvalue weighted by Crippen LogP contribution is -2.33. The molecular formula is C9H15N3O4. The molecule has 1 aromatic rings. The van der Waals surface area contributed by atoms with Crippen LogP contribution in [0.15, 0.2) is 6.33 Å². The molecule has 1 saturated heterocycles. The van der Waals surface area contributed by atoms with Crippen molar-refractivity contribution in [3.63, 3.8) is 0 Å². The Morgan fingerprint density at radius 3 is 2.62 bits per heavy atom. The quantitative estimate of drug-likeness (QED) is 0.485. The Labute approximate surface area is 92.1 Å². The highest BCUT2D eigenvalue weighted by Crippen LogP contribution is 2.31. The monoisotopic (exact) mass is 229 g/mol. The molecule has 0 spiro atoms. The maximum Gasteiger partial charge on any atom is 0.165 e. The van der Waals surface area contributed by atoms with Crippen molar-refractivity contribution in [2.45, 2.75) is 31.5 Å². The first-order chi connectivity index (χ1) is 7.56. The Kier molecular flexibility index (Phi) is 2.85. The van der Waals surface area contributed by atoms with E-state index in [4.69, 9.17) is 15.6 Å². The van der Waals surface area contributed by atoms with E-state index in [1.54, 1.807) is 6.92 Å². The Morgan fingerprint density at radius 1 is 1.50 bits per heavy atom. The molecule has 1 fully saturated rings. The number of aryl methyl sites for hydroxylation is 1. The van der Waals surface area contributed by atoms with E-state index in [1.165, 1.54) is 10.9 Å². The zero-order valence-electron chi connectivity index (χ0n) is 8.82. The van der Waals surface area contributed by atoms with Gasteiger partial charge in [0.05, 0.1) is 18.6 Å². The molecule has 1 aromatic heterocycles. The van der Waals surface area contributed by atoms with Gasteiger partial charge in [0, 0.05) is 0 Å². The summed E-state index contributed by atoms with van der Waals surface area (Å²) in [6.45, 7) is 1.37. The van der Waals surface area contributed by atoms with E-state index in [1.807, 2.05) is 0 Å². The Balaban J connectivity index is 2.26. The first-order valence-corrected chi connectivity index (χ1v) is 4.97. The van der Waals surface area contributed by atoms with Gasteiger partial charge in [-0.2, -0.15) is 0 Å². The first-order valence-electron chi connectivity index (χ1n) is 4.97. The molecule has 4 atom stereocenters. The standard InChI is InChI=1S/C9H15N3O4/c1-4-8(10)12(3-11-4)9-7(15)6(14)5(2-13)16-9/h3,5-7,9,13-15H,2,10H2,1H3/t5-,6-,7-,9-/m1/s1. The topological polar surface area (TPSA) is 114 Å². The number of aromatic nitrogens is 2. The smallest absolute Gasteiger partial charge is 0.165 e. The summed E-state index contributed by atoms with van der Waals surface area (Å²) in [7, 11) is 0. The largest absolute Gasteiger partial charge is 0.394 e. The summed E-state index contributed by atoms with van der Waals surface area (Å²) >= 11 is 0. The zero-order chi connectivity index (χ0) is 11.9. The number of anilines is 1.